The summed E-state index contributed by atoms with van der Waals surface area (Å²) in [5.74, 6) is 0.435. The number of pyridine rings is 1. The van der Waals surface area contributed by atoms with Gasteiger partial charge in [0, 0.05) is 35.3 Å². The van der Waals surface area contributed by atoms with E-state index in [1.165, 1.54) is 24.1 Å². The van der Waals surface area contributed by atoms with Gasteiger partial charge in [-0.2, -0.15) is 0 Å². The van der Waals surface area contributed by atoms with Gasteiger partial charge in [-0.05, 0) is 61.8 Å². The predicted octanol–water partition coefficient (Wildman–Crippen LogP) is 3.92. The number of aromatic nitrogens is 2. The average molecular weight is 321 g/mol. The molecule has 0 aliphatic carbocycles. The molecule has 3 aliphatic rings. The molecule has 3 aromatic rings. The van der Waals surface area contributed by atoms with Gasteiger partial charge < -0.3 is 4.57 Å². The summed E-state index contributed by atoms with van der Waals surface area (Å²) in [6.07, 6.45) is 4.25. The summed E-state index contributed by atoms with van der Waals surface area (Å²) in [7, 11) is 0. The smallest absolute Gasteiger partial charge is 0.123 e. The Labute approximate surface area is 140 Å². The quantitative estimate of drug-likeness (QED) is 0.713. The van der Waals surface area contributed by atoms with E-state index < -0.39 is 0 Å². The third kappa shape index (κ3) is 2.17. The average Bonchev–Trinajstić information content (AvgIpc) is 2.76. The Morgan fingerprint density at radius 2 is 2.00 bits per heavy atom. The zero-order valence-electron chi connectivity index (χ0n) is 13.6. The molecule has 2 bridgehead atoms. The maximum atomic E-state index is 13.9. The molecule has 6 rings (SSSR count). The summed E-state index contributed by atoms with van der Waals surface area (Å²) < 4.78 is 16.3. The van der Waals surface area contributed by atoms with E-state index in [2.05, 4.69) is 20.5 Å². The van der Waals surface area contributed by atoms with Crippen LogP contribution in [0.3, 0.4) is 0 Å². The number of nitrogens with zero attached hydrogens (tertiary/aromatic N) is 3. The molecular formula is C20H20FN3. The minimum atomic E-state index is -0.146. The topological polar surface area (TPSA) is 21.1 Å². The van der Waals surface area contributed by atoms with Gasteiger partial charge in [-0.25, -0.2) is 4.39 Å². The van der Waals surface area contributed by atoms with Gasteiger partial charge in [-0.1, -0.05) is 6.07 Å². The molecule has 3 aliphatic heterocycles. The van der Waals surface area contributed by atoms with E-state index in [0.717, 1.165) is 42.8 Å². The second-order valence-corrected chi connectivity index (χ2v) is 6.98. The van der Waals surface area contributed by atoms with Crippen LogP contribution in [0.15, 0.2) is 42.6 Å². The van der Waals surface area contributed by atoms with Crippen LogP contribution in [0.25, 0.3) is 10.9 Å². The van der Waals surface area contributed by atoms with Gasteiger partial charge >= 0.3 is 0 Å². The van der Waals surface area contributed by atoms with E-state index in [-0.39, 0.29) is 5.82 Å². The number of piperidine rings is 1. The Morgan fingerprint density at radius 3 is 2.79 bits per heavy atom. The monoisotopic (exact) mass is 321 g/mol. The highest BCUT2D eigenvalue weighted by atomic mass is 19.1. The van der Waals surface area contributed by atoms with E-state index in [1.54, 1.807) is 12.1 Å². The van der Waals surface area contributed by atoms with Crippen molar-refractivity contribution in [1.82, 2.24) is 14.5 Å². The molecular weight excluding hydrogens is 301 g/mol. The highest BCUT2D eigenvalue weighted by Crippen LogP contribution is 2.41. The van der Waals surface area contributed by atoms with Crippen LogP contribution in [0, 0.1) is 5.82 Å². The van der Waals surface area contributed by atoms with E-state index >= 15 is 0 Å². The molecule has 2 aromatic heterocycles. The first-order chi connectivity index (χ1) is 11.8. The molecule has 0 saturated carbocycles. The maximum Gasteiger partial charge on any atom is 0.123 e. The number of hydrogen-bond acceptors (Lipinski definition) is 2. The molecule has 0 unspecified atom stereocenters. The Kier molecular flexibility index (Phi) is 3.20. The lowest BCUT2D eigenvalue weighted by Gasteiger charge is -2.27. The Balaban J connectivity index is 1.75. The van der Waals surface area contributed by atoms with Gasteiger partial charge in [0.2, 0.25) is 0 Å². The van der Waals surface area contributed by atoms with Crippen molar-refractivity contribution in [2.24, 2.45) is 0 Å². The molecule has 0 N–H and O–H groups in total. The van der Waals surface area contributed by atoms with E-state index in [0.29, 0.717) is 5.92 Å². The second-order valence-electron chi connectivity index (χ2n) is 6.98. The number of hydrogen-bond donors (Lipinski definition) is 0. The van der Waals surface area contributed by atoms with Crippen molar-refractivity contribution in [2.75, 3.05) is 13.1 Å². The zero-order chi connectivity index (χ0) is 16.1. The van der Waals surface area contributed by atoms with Crippen LogP contribution in [0.4, 0.5) is 4.39 Å². The van der Waals surface area contributed by atoms with Crippen molar-refractivity contribution in [1.29, 1.82) is 0 Å². The highest BCUT2D eigenvalue weighted by Gasteiger charge is 2.32. The van der Waals surface area contributed by atoms with E-state index in [1.807, 2.05) is 24.4 Å². The van der Waals surface area contributed by atoms with Crippen LogP contribution in [0.1, 0.15) is 35.7 Å². The van der Waals surface area contributed by atoms with Crippen LogP contribution >= 0.6 is 0 Å². The SMILES string of the molecule is Fc1ccc2c(c1)c1c(n2Cc2ccccn2)C2CCN(CC2)C1. The molecule has 1 saturated heterocycles. The van der Waals surface area contributed by atoms with Gasteiger partial charge in [0.15, 0.2) is 0 Å². The fraction of sp³-hybridized carbons (Fsp3) is 0.350. The highest BCUT2D eigenvalue weighted by molar-refractivity contribution is 5.86. The van der Waals surface area contributed by atoms with Crippen molar-refractivity contribution < 1.29 is 4.39 Å². The first-order valence-electron chi connectivity index (χ1n) is 8.72. The molecule has 0 atom stereocenters. The number of benzene rings is 1. The lowest BCUT2D eigenvalue weighted by atomic mass is 9.94. The number of rotatable bonds is 2. The third-order valence-electron chi connectivity index (χ3n) is 5.58. The summed E-state index contributed by atoms with van der Waals surface area (Å²) >= 11 is 0. The molecule has 4 heteroatoms. The van der Waals surface area contributed by atoms with Crippen molar-refractivity contribution in [3.05, 3.63) is 65.4 Å². The summed E-state index contributed by atoms with van der Waals surface area (Å²) in [6, 6.07) is 11.3. The van der Waals surface area contributed by atoms with Gasteiger partial charge in [0.05, 0.1) is 12.2 Å². The lowest BCUT2D eigenvalue weighted by molar-refractivity contribution is 0.219. The van der Waals surface area contributed by atoms with Crippen molar-refractivity contribution >= 4 is 10.9 Å². The molecule has 24 heavy (non-hydrogen) atoms. The molecule has 0 amide bonds. The molecule has 0 spiro atoms. The summed E-state index contributed by atoms with van der Waals surface area (Å²) in [4.78, 5) is 7.02. The van der Waals surface area contributed by atoms with Gasteiger partial charge in [0.1, 0.15) is 5.82 Å². The first kappa shape index (κ1) is 14.2. The van der Waals surface area contributed by atoms with Gasteiger partial charge in [0.25, 0.3) is 0 Å². The van der Waals surface area contributed by atoms with Crippen molar-refractivity contribution in [3.63, 3.8) is 0 Å². The Morgan fingerprint density at radius 1 is 1.12 bits per heavy atom. The molecule has 3 nitrogen and oxygen atoms in total. The van der Waals surface area contributed by atoms with Gasteiger partial charge in [-0.15, -0.1) is 0 Å². The van der Waals surface area contributed by atoms with Gasteiger partial charge in [-0.3, -0.25) is 9.88 Å². The minimum absolute atomic E-state index is 0.146. The molecule has 5 heterocycles. The fourth-order valence-corrected chi connectivity index (χ4v) is 4.46. The summed E-state index contributed by atoms with van der Waals surface area (Å²) in [5.41, 5.74) is 4.95. The maximum absolute atomic E-state index is 13.9. The summed E-state index contributed by atoms with van der Waals surface area (Å²) in [6.45, 7) is 4.01. The normalized spacial score (nSPS) is 22.5. The minimum Gasteiger partial charge on any atom is -0.338 e. The predicted molar refractivity (Wildman–Crippen MR) is 92.5 cm³/mol. The molecule has 122 valence electrons. The first-order valence-corrected chi connectivity index (χ1v) is 8.72. The van der Waals surface area contributed by atoms with Crippen LogP contribution in [0.5, 0.6) is 0 Å². The second kappa shape index (κ2) is 5.42. The number of fused-ring (bicyclic) bond motifs is 3. The van der Waals surface area contributed by atoms with Crippen LogP contribution in [-0.4, -0.2) is 27.5 Å². The van der Waals surface area contributed by atoms with Crippen LogP contribution < -0.4 is 0 Å². The largest absolute Gasteiger partial charge is 0.338 e. The van der Waals surface area contributed by atoms with Crippen LogP contribution in [0.2, 0.25) is 0 Å². The van der Waals surface area contributed by atoms with E-state index in [9.17, 15) is 4.39 Å². The lowest BCUT2D eigenvalue weighted by Crippen LogP contribution is -2.29. The Hall–Kier alpha value is -2.20. The molecule has 0 radical (unpaired) electrons. The zero-order valence-corrected chi connectivity index (χ0v) is 13.6. The Bertz CT molecular complexity index is 892. The molecule has 1 fully saturated rings. The van der Waals surface area contributed by atoms with Crippen molar-refractivity contribution in [2.45, 2.75) is 31.8 Å². The number of halogens is 1. The summed E-state index contributed by atoms with van der Waals surface area (Å²) in [5, 5.41) is 1.08. The molecule has 1 aromatic carbocycles. The third-order valence-corrected chi connectivity index (χ3v) is 5.58. The van der Waals surface area contributed by atoms with E-state index in [4.69, 9.17) is 0 Å². The van der Waals surface area contributed by atoms with Crippen molar-refractivity contribution in [3.8, 4) is 0 Å². The van der Waals surface area contributed by atoms with Crippen LogP contribution in [-0.2, 0) is 13.1 Å². The fourth-order valence-electron chi connectivity index (χ4n) is 4.46. The standard InChI is InChI=1S/C20H20FN3/c21-15-4-5-19-17(11-15)18-13-23-9-6-14(7-10-23)20(18)24(19)12-16-3-1-2-8-22-16/h1-5,8,11,14H,6-7,9-10,12-13H2.